The highest BCUT2D eigenvalue weighted by Gasteiger charge is 2.08. The molecule has 1 heterocycles. The van der Waals surface area contributed by atoms with Gasteiger partial charge in [-0.25, -0.2) is 4.98 Å². The molecule has 0 fully saturated rings. The Bertz CT molecular complexity index is 549. The number of imidazole rings is 1. The summed E-state index contributed by atoms with van der Waals surface area (Å²) < 4.78 is 2.02. The molecule has 0 aliphatic heterocycles. The van der Waals surface area contributed by atoms with Gasteiger partial charge in [-0.2, -0.15) is 5.26 Å². The van der Waals surface area contributed by atoms with Crippen LogP contribution in [-0.2, 0) is 7.05 Å². The predicted octanol–water partition coefficient (Wildman–Crippen LogP) is 3.01. The molecule has 4 heteroatoms. The van der Waals surface area contributed by atoms with Crippen LogP contribution in [0.1, 0.15) is 5.56 Å². The van der Waals surface area contributed by atoms with Crippen LogP contribution in [0.25, 0.3) is 11.3 Å². The SMILES string of the molecule is Cc1ccc(-c2cnc(SCC#N)n2C)cc1. The molecule has 0 spiro atoms. The molecule has 0 saturated heterocycles. The maximum atomic E-state index is 8.56. The van der Waals surface area contributed by atoms with Gasteiger partial charge in [-0.3, -0.25) is 0 Å². The fraction of sp³-hybridized carbons (Fsp3) is 0.231. The molecule has 0 radical (unpaired) electrons. The Kier molecular flexibility index (Phi) is 3.50. The molecule has 0 saturated carbocycles. The molecule has 0 aliphatic rings. The second-order valence-corrected chi connectivity index (χ2v) is 4.74. The quantitative estimate of drug-likeness (QED) is 0.778. The van der Waals surface area contributed by atoms with Crippen LogP contribution in [0, 0.1) is 18.3 Å². The number of benzene rings is 1. The Labute approximate surface area is 105 Å². The number of aryl methyl sites for hydroxylation is 1. The summed E-state index contributed by atoms with van der Waals surface area (Å²) in [6.07, 6.45) is 1.85. The van der Waals surface area contributed by atoms with E-state index in [2.05, 4.69) is 42.2 Å². The van der Waals surface area contributed by atoms with Crippen LogP contribution < -0.4 is 0 Å². The lowest BCUT2D eigenvalue weighted by Crippen LogP contribution is -1.94. The van der Waals surface area contributed by atoms with E-state index in [1.807, 2.05) is 17.8 Å². The molecule has 0 bridgehead atoms. The Morgan fingerprint density at radius 3 is 2.71 bits per heavy atom. The molecule has 2 aromatic rings. The molecule has 0 unspecified atom stereocenters. The first-order chi connectivity index (χ1) is 8.22. The van der Waals surface area contributed by atoms with Crippen molar-refractivity contribution in [2.24, 2.45) is 7.05 Å². The van der Waals surface area contributed by atoms with Crippen LogP contribution in [0.3, 0.4) is 0 Å². The number of nitriles is 1. The Morgan fingerprint density at radius 2 is 2.06 bits per heavy atom. The van der Waals surface area contributed by atoms with Gasteiger partial charge in [-0.15, -0.1) is 0 Å². The van der Waals surface area contributed by atoms with Crippen LogP contribution in [0.2, 0.25) is 0 Å². The van der Waals surface area contributed by atoms with Crippen molar-refractivity contribution < 1.29 is 0 Å². The monoisotopic (exact) mass is 243 g/mol. The van der Waals surface area contributed by atoms with Crippen LogP contribution in [-0.4, -0.2) is 15.3 Å². The summed E-state index contributed by atoms with van der Waals surface area (Å²) in [5.74, 6) is 0.429. The fourth-order valence-corrected chi connectivity index (χ4v) is 2.23. The van der Waals surface area contributed by atoms with Gasteiger partial charge < -0.3 is 4.57 Å². The van der Waals surface area contributed by atoms with E-state index in [0.29, 0.717) is 5.75 Å². The molecule has 0 atom stereocenters. The van der Waals surface area contributed by atoms with Gasteiger partial charge in [0.25, 0.3) is 0 Å². The van der Waals surface area contributed by atoms with Gasteiger partial charge in [0.2, 0.25) is 0 Å². The Balaban J connectivity index is 2.31. The van der Waals surface area contributed by atoms with Crippen molar-refractivity contribution in [1.82, 2.24) is 9.55 Å². The molecule has 0 N–H and O–H groups in total. The van der Waals surface area contributed by atoms with E-state index in [4.69, 9.17) is 5.26 Å². The number of thioether (sulfide) groups is 1. The lowest BCUT2D eigenvalue weighted by atomic mass is 10.1. The Morgan fingerprint density at radius 1 is 1.35 bits per heavy atom. The third-order valence-electron chi connectivity index (χ3n) is 2.56. The zero-order chi connectivity index (χ0) is 12.3. The first-order valence-electron chi connectivity index (χ1n) is 5.31. The lowest BCUT2D eigenvalue weighted by molar-refractivity contribution is 0.797. The summed E-state index contributed by atoms with van der Waals surface area (Å²) in [5.41, 5.74) is 3.47. The minimum atomic E-state index is 0.429. The number of hydrogen-bond acceptors (Lipinski definition) is 3. The van der Waals surface area contributed by atoms with Crippen LogP contribution in [0.5, 0.6) is 0 Å². The van der Waals surface area contributed by atoms with Crippen molar-refractivity contribution in [2.75, 3.05) is 5.75 Å². The summed E-state index contributed by atoms with van der Waals surface area (Å²) in [6, 6.07) is 10.5. The van der Waals surface area contributed by atoms with Gasteiger partial charge in [0.15, 0.2) is 5.16 Å². The highest BCUT2D eigenvalue weighted by Crippen LogP contribution is 2.24. The second-order valence-electron chi connectivity index (χ2n) is 3.80. The normalized spacial score (nSPS) is 10.2. The number of aromatic nitrogens is 2. The summed E-state index contributed by atoms with van der Waals surface area (Å²) in [6.45, 7) is 2.07. The van der Waals surface area contributed by atoms with Gasteiger partial charge in [-0.1, -0.05) is 41.6 Å². The summed E-state index contributed by atoms with van der Waals surface area (Å²) in [7, 11) is 1.97. The number of nitrogens with zero attached hydrogens (tertiary/aromatic N) is 3. The summed E-state index contributed by atoms with van der Waals surface area (Å²) in [5, 5.41) is 9.44. The van der Waals surface area contributed by atoms with Crippen molar-refractivity contribution in [3.05, 3.63) is 36.0 Å². The third-order valence-corrected chi connectivity index (χ3v) is 3.47. The average molecular weight is 243 g/mol. The largest absolute Gasteiger partial charge is 0.322 e. The van der Waals surface area contributed by atoms with Crippen molar-refractivity contribution in [1.29, 1.82) is 5.26 Å². The zero-order valence-electron chi connectivity index (χ0n) is 9.84. The van der Waals surface area contributed by atoms with E-state index in [9.17, 15) is 0 Å². The number of hydrogen-bond donors (Lipinski definition) is 0. The van der Waals surface area contributed by atoms with E-state index < -0.39 is 0 Å². The van der Waals surface area contributed by atoms with E-state index in [1.54, 1.807) is 0 Å². The molecular formula is C13H13N3S. The molecule has 1 aromatic heterocycles. The highest BCUT2D eigenvalue weighted by molar-refractivity contribution is 7.99. The topological polar surface area (TPSA) is 41.6 Å². The molecule has 17 heavy (non-hydrogen) atoms. The standard InChI is InChI=1S/C13H13N3S/c1-10-3-5-11(6-4-10)12-9-15-13(16(12)2)17-8-7-14/h3-6,9H,8H2,1-2H3. The molecule has 86 valence electrons. The minimum Gasteiger partial charge on any atom is -0.322 e. The van der Waals surface area contributed by atoms with Crippen molar-refractivity contribution in [3.63, 3.8) is 0 Å². The second kappa shape index (κ2) is 5.07. The molecule has 3 nitrogen and oxygen atoms in total. The van der Waals surface area contributed by atoms with Gasteiger partial charge >= 0.3 is 0 Å². The molecule has 1 aromatic carbocycles. The van der Waals surface area contributed by atoms with Gasteiger partial charge in [0.1, 0.15) is 0 Å². The first kappa shape index (κ1) is 11.7. The number of rotatable bonds is 3. The molecular weight excluding hydrogens is 230 g/mol. The van der Waals surface area contributed by atoms with E-state index in [1.165, 1.54) is 17.3 Å². The zero-order valence-corrected chi connectivity index (χ0v) is 10.7. The lowest BCUT2D eigenvalue weighted by Gasteiger charge is -2.05. The van der Waals surface area contributed by atoms with Crippen molar-refractivity contribution >= 4 is 11.8 Å². The van der Waals surface area contributed by atoms with Gasteiger partial charge in [0, 0.05) is 7.05 Å². The fourth-order valence-electron chi connectivity index (χ4n) is 1.62. The summed E-state index contributed by atoms with van der Waals surface area (Å²) >= 11 is 1.46. The van der Waals surface area contributed by atoms with E-state index in [0.717, 1.165) is 16.4 Å². The van der Waals surface area contributed by atoms with Crippen LogP contribution in [0.4, 0.5) is 0 Å². The molecule has 2 rings (SSSR count). The molecule has 0 amide bonds. The van der Waals surface area contributed by atoms with E-state index >= 15 is 0 Å². The third kappa shape index (κ3) is 2.51. The maximum Gasteiger partial charge on any atom is 0.169 e. The van der Waals surface area contributed by atoms with Crippen LogP contribution >= 0.6 is 11.8 Å². The minimum absolute atomic E-state index is 0.429. The first-order valence-corrected chi connectivity index (χ1v) is 6.29. The maximum absolute atomic E-state index is 8.56. The highest BCUT2D eigenvalue weighted by atomic mass is 32.2. The van der Waals surface area contributed by atoms with E-state index in [-0.39, 0.29) is 0 Å². The summed E-state index contributed by atoms with van der Waals surface area (Å²) in [4.78, 5) is 4.33. The van der Waals surface area contributed by atoms with Gasteiger partial charge in [0.05, 0.1) is 23.7 Å². The average Bonchev–Trinajstić information content (AvgIpc) is 2.69. The van der Waals surface area contributed by atoms with Gasteiger partial charge in [-0.05, 0) is 12.5 Å². The van der Waals surface area contributed by atoms with Crippen molar-refractivity contribution in [3.8, 4) is 17.3 Å². The van der Waals surface area contributed by atoms with Crippen LogP contribution in [0.15, 0.2) is 35.6 Å². The Hall–Kier alpha value is -1.73. The predicted molar refractivity (Wildman–Crippen MR) is 69.7 cm³/mol. The molecule has 0 aliphatic carbocycles. The van der Waals surface area contributed by atoms with Crippen molar-refractivity contribution in [2.45, 2.75) is 12.1 Å². The smallest absolute Gasteiger partial charge is 0.169 e.